The van der Waals surface area contributed by atoms with Gasteiger partial charge in [0, 0.05) is 9.79 Å². The Balaban J connectivity index is 3.17. The second-order valence-electron chi connectivity index (χ2n) is 1.81. The van der Waals surface area contributed by atoms with E-state index >= 15 is 0 Å². The minimum Gasteiger partial charge on any atom is -0.143 e. The molecule has 0 aliphatic rings. The van der Waals surface area contributed by atoms with Crippen LogP contribution in [0.1, 0.15) is 5.56 Å². The molecule has 1 aromatic rings. The van der Waals surface area contributed by atoms with Crippen LogP contribution in [0.5, 0.6) is 0 Å². The first-order valence-electron chi connectivity index (χ1n) is 2.54. The number of benzene rings is 1. The Hall–Kier alpha value is -0.0800. The fraction of sp³-hybridized carbons (Fsp3) is 0. The summed E-state index contributed by atoms with van der Waals surface area (Å²) < 4.78 is 0. The minimum absolute atomic E-state index is 0.891. The standard InChI is InChI=1S/C7H7S2/c1-5-2-3-6(8)4-7(5)9/h2-4,8-9H,1H2. The van der Waals surface area contributed by atoms with Crippen molar-refractivity contribution in [2.75, 3.05) is 0 Å². The van der Waals surface area contributed by atoms with Gasteiger partial charge in [-0.05, 0) is 24.6 Å². The van der Waals surface area contributed by atoms with Crippen molar-refractivity contribution in [1.82, 2.24) is 0 Å². The van der Waals surface area contributed by atoms with Crippen molar-refractivity contribution >= 4 is 25.3 Å². The quantitative estimate of drug-likeness (QED) is 0.528. The Morgan fingerprint density at radius 3 is 2.33 bits per heavy atom. The summed E-state index contributed by atoms with van der Waals surface area (Å²) in [6.07, 6.45) is 0. The fourth-order valence-electron chi connectivity index (χ4n) is 0.552. The van der Waals surface area contributed by atoms with E-state index in [0.29, 0.717) is 0 Å². The predicted molar refractivity (Wildman–Crippen MR) is 45.4 cm³/mol. The zero-order valence-corrected chi connectivity index (χ0v) is 6.62. The Morgan fingerprint density at radius 1 is 1.22 bits per heavy atom. The molecule has 0 aliphatic heterocycles. The van der Waals surface area contributed by atoms with E-state index in [0.717, 1.165) is 15.4 Å². The number of thiol groups is 2. The molecule has 47 valence electrons. The Labute approximate surface area is 66.1 Å². The first-order valence-corrected chi connectivity index (χ1v) is 3.43. The van der Waals surface area contributed by atoms with Crippen LogP contribution in [-0.4, -0.2) is 0 Å². The first-order chi connectivity index (χ1) is 4.20. The number of rotatable bonds is 0. The van der Waals surface area contributed by atoms with Crippen LogP contribution in [0.2, 0.25) is 0 Å². The van der Waals surface area contributed by atoms with Gasteiger partial charge in [-0.25, -0.2) is 0 Å². The molecule has 0 saturated heterocycles. The molecule has 0 unspecified atom stereocenters. The molecule has 0 heterocycles. The molecule has 0 aromatic heterocycles. The van der Waals surface area contributed by atoms with Crippen LogP contribution >= 0.6 is 25.3 Å². The van der Waals surface area contributed by atoms with E-state index < -0.39 is 0 Å². The van der Waals surface area contributed by atoms with E-state index in [1.807, 2.05) is 18.2 Å². The van der Waals surface area contributed by atoms with Gasteiger partial charge < -0.3 is 0 Å². The van der Waals surface area contributed by atoms with E-state index in [9.17, 15) is 0 Å². The third-order valence-corrected chi connectivity index (χ3v) is 1.76. The first kappa shape index (κ1) is 7.03. The van der Waals surface area contributed by atoms with Crippen molar-refractivity contribution in [1.29, 1.82) is 0 Å². The molecular weight excluding hydrogens is 148 g/mol. The monoisotopic (exact) mass is 155 g/mol. The molecular formula is C7H7S2. The third-order valence-electron chi connectivity index (χ3n) is 1.07. The molecule has 0 saturated carbocycles. The van der Waals surface area contributed by atoms with E-state index in [2.05, 4.69) is 32.2 Å². The molecule has 0 bridgehead atoms. The maximum atomic E-state index is 4.16. The summed E-state index contributed by atoms with van der Waals surface area (Å²) in [6.45, 7) is 3.75. The average molecular weight is 155 g/mol. The van der Waals surface area contributed by atoms with E-state index in [-0.39, 0.29) is 0 Å². The Bertz CT molecular complexity index is 218. The molecule has 0 spiro atoms. The molecule has 0 amide bonds. The zero-order chi connectivity index (χ0) is 6.85. The van der Waals surface area contributed by atoms with Crippen molar-refractivity contribution in [2.45, 2.75) is 9.79 Å². The SMILES string of the molecule is [CH2]c1ccc(S)cc1S. The molecule has 1 radical (unpaired) electrons. The Morgan fingerprint density at radius 2 is 1.89 bits per heavy atom. The highest BCUT2D eigenvalue weighted by molar-refractivity contribution is 7.81. The van der Waals surface area contributed by atoms with Crippen molar-refractivity contribution in [3.05, 3.63) is 30.7 Å². The molecule has 0 fully saturated rings. The lowest BCUT2D eigenvalue weighted by Crippen LogP contribution is -1.73. The van der Waals surface area contributed by atoms with Gasteiger partial charge in [0.25, 0.3) is 0 Å². The lowest BCUT2D eigenvalue weighted by molar-refractivity contribution is 1.30. The summed E-state index contributed by atoms with van der Waals surface area (Å²) in [5.41, 5.74) is 0.941. The zero-order valence-electron chi connectivity index (χ0n) is 4.83. The third kappa shape index (κ3) is 1.66. The molecule has 0 N–H and O–H groups in total. The molecule has 1 aromatic carbocycles. The number of hydrogen-bond acceptors (Lipinski definition) is 2. The molecule has 0 atom stereocenters. The smallest absolute Gasteiger partial charge is 0.00832 e. The van der Waals surface area contributed by atoms with Gasteiger partial charge in [0.15, 0.2) is 0 Å². The van der Waals surface area contributed by atoms with E-state index in [1.165, 1.54) is 0 Å². The second-order valence-corrected chi connectivity index (χ2v) is 2.81. The van der Waals surface area contributed by atoms with Crippen LogP contribution in [0.3, 0.4) is 0 Å². The van der Waals surface area contributed by atoms with Crippen molar-refractivity contribution in [3.63, 3.8) is 0 Å². The summed E-state index contributed by atoms with van der Waals surface area (Å²) in [4.78, 5) is 1.81. The summed E-state index contributed by atoms with van der Waals surface area (Å²) >= 11 is 8.28. The van der Waals surface area contributed by atoms with E-state index in [4.69, 9.17) is 0 Å². The van der Waals surface area contributed by atoms with Gasteiger partial charge in [0.2, 0.25) is 0 Å². The molecule has 9 heavy (non-hydrogen) atoms. The van der Waals surface area contributed by atoms with Crippen molar-refractivity contribution in [3.8, 4) is 0 Å². The van der Waals surface area contributed by atoms with Crippen LogP contribution in [0.25, 0.3) is 0 Å². The molecule has 1 rings (SSSR count). The average Bonchev–Trinajstić information content (AvgIpc) is 1.80. The van der Waals surface area contributed by atoms with Crippen LogP contribution in [0.4, 0.5) is 0 Å². The lowest BCUT2D eigenvalue weighted by Gasteiger charge is -1.96. The maximum Gasteiger partial charge on any atom is 0.00832 e. The summed E-state index contributed by atoms with van der Waals surface area (Å²) in [6, 6.07) is 5.66. The summed E-state index contributed by atoms with van der Waals surface area (Å²) in [7, 11) is 0. The van der Waals surface area contributed by atoms with E-state index in [1.54, 1.807) is 0 Å². The van der Waals surface area contributed by atoms with Crippen LogP contribution in [0.15, 0.2) is 28.0 Å². The van der Waals surface area contributed by atoms with Gasteiger partial charge in [-0.3, -0.25) is 0 Å². The largest absolute Gasteiger partial charge is 0.143 e. The highest BCUT2D eigenvalue weighted by Gasteiger charge is 1.90. The lowest BCUT2D eigenvalue weighted by atomic mass is 10.2. The van der Waals surface area contributed by atoms with Gasteiger partial charge >= 0.3 is 0 Å². The van der Waals surface area contributed by atoms with Gasteiger partial charge in [0.05, 0.1) is 0 Å². The second kappa shape index (κ2) is 2.67. The highest BCUT2D eigenvalue weighted by Crippen LogP contribution is 2.16. The fourth-order valence-corrected chi connectivity index (χ4v) is 1.07. The highest BCUT2D eigenvalue weighted by atomic mass is 32.1. The van der Waals surface area contributed by atoms with Crippen molar-refractivity contribution < 1.29 is 0 Å². The van der Waals surface area contributed by atoms with Crippen LogP contribution in [0, 0.1) is 6.92 Å². The minimum atomic E-state index is 0.891. The number of hydrogen-bond donors (Lipinski definition) is 2. The van der Waals surface area contributed by atoms with Crippen molar-refractivity contribution in [2.24, 2.45) is 0 Å². The Kier molecular flexibility index (Phi) is 2.09. The molecule has 2 heteroatoms. The van der Waals surface area contributed by atoms with Crippen LogP contribution in [-0.2, 0) is 0 Å². The normalized spacial score (nSPS) is 9.67. The van der Waals surface area contributed by atoms with Gasteiger partial charge in [-0.15, -0.1) is 25.3 Å². The van der Waals surface area contributed by atoms with Gasteiger partial charge in [-0.2, -0.15) is 0 Å². The van der Waals surface area contributed by atoms with Crippen LogP contribution < -0.4 is 0 Å². The topological polar surface area (TPSA) is 0 Å². The van der Waals surface area contributed by atoms with Gasteiger partial charge in [-0.1, -0.05) is 6.07 Å². The predicted octanol–water partition coefficient (Wildman–Crippen LogP) is 2.45. The summed E-state index contributed by atoms with van der Waals surface area (Å²) in [5, 5.41) is 0. The maximum absolute atomic E-state index is 4.16. The van der Waals surface area contributed by atoms with Gasteiger partial charge in [0.1, 0.15) is 0 Å². The molecule has 0 aliphatic carbocycles. The molecule has 0 nitrogen and oxygen atoms in total. The summed E-state index contributed by atoms with van der Waals surface area (Å²) in [5.74, 6) is 0.